The van der Waals surface area contributed by atoms with Gasteiger partial charge in [-0.3, -0.25) is 9.69 Å². The van der Waals surface area contributed by atoms with E-state index in [1.54, 1.807) is 49.5 Å². The summed E-state index contributed by atoms with van der Waals surface area (Å²) in [6, 6.07) is 9.21. The van der Waals surface area contributed by atoms with Gasteiger partial charge in [0.2, 0.25) is 11.8 Å². The fourth-order valence-corrected chi connectivity index (χ4v) is 2.46. The molecule has 1 aromatic carbocycles. The molecular weight excluding hydrogens is 309 g/mol. The van der Waals surface area contributed by atoms with E-state index in [1.165, 1.54) is 6.07 Å². The fraction of sp³-hybridized carbons (Fsp3) is 0.333. The van der Waals surface area contributed by atoms with Crippen molar-refractivity contribution in [2.75, 3.05) is 20.7 Å². The number of likely N-dealkylation sites (N-methyl/N-ethyl adjacent to an activating group) is 1. The van der Waals surface area contributed by atoms with Crippen molar-refractivity contribution < 1.29 is 13.9 Å². The van der Waals surface area contributed by atoms with Crippen molar-refractivity contribution in [3.8, 4) is 5.88 Å². The lowest BCUT2D eigenvalue weighted by Gasteiger charge is -2.24. The highest BCUT2D eigenvalue weighted by Crippen LogP contribution is 2.22. The fourth-order valence-electron chi connectivity index (χ4n) is 2.46. The third kappa shape index (κ3) is 4.29. The minimum Gasteiger partial charge on any atom is -0.478 e. The van der Waals surface area contributed by atoms with Gasteiger partial charge in [-0.1, -0.05) is 24.3 Å². The van der Waals surface area contributed by atoms with Crippen LogP contribution < -0.4 is 10.1 Å². The highest BCUT2D eigenvalue weighted by molar-refractivity contribution is 5.83. The van der Waals surface area contributed by atoms with Gasteiger partial charge in [0.05, 0.1) is 6.61 Å². The van der Waals surface area contributed by atoms with Crippen molar-refractivity contribution in [3.63, 3.8) is 0 Å². The normalized spacial score (nSPS) is 12.0. The van der Waals surface area contributed by atoms with Crippen LogP contribution in [-0.4, -0.2) is 36.5 Å². The van der Waals surface area contributed by atoms with Crippen LogP contribution in [-0.2, 0) is 11.3 Å². The summed E-state index contributed by atoms with van der Waals surface area (Å²) >= 11 is 0. The highest BCUT2D eigenvalue weighted by Gasteiger charge is 2.25. The number of pyridine rings is 1. The second-order valence-corrected chi connectivity index (χ2v) is 5.51. The zero-order valence-electron chi connectivity index (χ0n) is 14.1. The Morgan fingerprint density at radius 2 is 2.04 bits per heavy atom. The number of carbonyl (C=O) groups is 1. The van der Waals surface area contributed by atoms with Gasteiger partial charge in [-0.25, -0.2) is 9.37 Å². The van der Waals surface area contributed by atoms with Crippen molar-refractivity contribution in [2.24, 2.45) is 0 Å². The minimum absolute atomic E-state index is 0.265. The Labute approximate surface area is 141 Å². The molecule has 5 nitrogen and oxygen atoms in total. The highest BCUT2D eigenvalue weighted by atomic mass is 19.1. The maximum Gasteiger partial charge on any atom is 0.242 e. The van der Waals surface area contributed by atoms with Gasteiger partial charge in [-0.2, -0.15) is 0 Å². The summed E-state index contributed by atoms with van der Waals surface area (Å²) in [4.78, 5) is 18.4. The first-order valence-corrected chi connectivity index (χ1v) is 7.79. The molecule has 1 atom stereocenters. The van der Waals surface area contributed by atoms with Gasteiger partial charge in [0.1, 0.15) is 11.9 Å². The molecule has 0 unspecified atom stereocenters. The number of rotatable bonds is 7. The number of hydrogen-bond donors (Lipinski definition) is 1. The molecule has 0 aliphatic heterocycles. The molecule has 128 valence electrons. The van der Waals surface area contributed by atoms with Crippen LogP contribution >= 0.6 is 0 Å². The number of nitrogens with one attached hydrogen (secondary N) is 1. The largest absolute Gasteiger partial charge is 0.478 e. The summed E-state index contributed by atoms with van der Waals surface area (Å²) in [5.74, 6) is -0.188. The van der Waals surface area contributed by atoms with E-state index in [9.17, 15) is 9.18 Å². The molecule has 2 rings (SSSR count). The summed E-state index contributed by atoms with van der Waals surface area (Å²) in [6.45, 7) is 2.63. The van der Waals surface area contributed by atoms with E-state index < -0.39 is 11.9 Å². The number of amides is 1. The van der Waals surface area contributed by atoms with E-state index in [2.05, 4.69) is 10.3 Å². The molecule has 6 heteroatoms. The Bertz CT molecular complexity index is 691. The lowest BCUT2D eigenvalue weighted by Crippen LogP contribution is -2.37. The first-order valence-electron chi connectivity index (χ1n) is 7.79. The van der Waals surface area contributed by atoms with Crippen LogP contribution in [0.1, 0.15) is 24.1 Å². The molecule has 1 amide bonds. The Balaban J connectivity index is 2.14. The van der Waals surface area contributed by atoms with Gasteiger partial charge in [-0.05, 0) is 33.2 Å². The van der Waals surface area contributed by atoms with Gasteiger partial charge < -0.3 is 10.1 Å². The van der Waals surface area contributed by atoms with Crippen molar-refractivity contribution >= 4 is 5.91 Å². The zero-order valence-corrected chi connectivity index (χ0v) is 14.1. The van der Waals surface area contributed by atoms with Gasteiger partial charge in [-0.15, -0.1) is 0 Å². The van der Waals surface area contributed by atoms with Gasteiger partial charge >= 0.3 is 0 Å². The van der Waals surface area contributed by atoms with Gasteiger partial charge in [0.15, 0.2) is 0 Å². The predicted octanol–water partition coefficient (Wildman–Crippen LogP) is 2.54. The summed E-state index contributed by atoms with van der Waals surface area (Å²) in [5.41, 5.74) is 1.12. The molecule has 2 aromatic rings. The van der Waals surface area contributed by atoms with Crippen molar-refractivity contribution in [2.45, 2.75) is 19.5 Å². The van der Waals surface area contributed by atoms with E-state index in [0.29, 0.717) is 18.1 Å². The molecule has 24 heavy (non-hydrogen) atoms. The average molecular weight is 331 g/mol. The molecule has 0 spiro atoms. The van der Waals surface area contributed by atoms with Gasteiger partial charge in [0, 0.05) is 23.9 Å². The summed E-state index contributed by atoms with van der Waals surface area (Å²) < 4.78 is 19.5. The third-order valence-corrected chi connectivity index (χ3v) is 3.55. The van der Waals surface area contributed by atoms with Crippen molar-refractivity contribution in [3.05, 3.63) is 59.5 Å². The van der Waals surface area contributed by atoms with E-state index in [0.717, 1.165) is 5.56 Å². The standard InChI is InChI=1S/C18H22FN3O2/c1-4-24-18-13(8-7-11-20-18)12-21-17(23)16(22(2)3)14-9-5-6-10-15(14)19/h5-11,16H,4,12H2,1-3H3,(H,21,23)/t16-/m1/s1. The molecule has 0 saturated carbocycles. The Hall–Kier alpha value is -2.47. The molecule has 1 N–H and O–H groups in total. The van der Waals surface area contributed by atoms with Crippen LogP contribution in [0.25, 0.3) is 0 Å². The first kappa shape index (κ1) is 17.9. The minimum atomic E-state index is -0.710. The van der Waals surface area contributed by atoms with Crippen LogP contribution in [0.3, 0.4) is 0 Å². The summed E-state index contributed by atoms with van der Waals surface area (Å²) in [7, 11) is 3.48. The maximum atomic E-state index is 14.1. The van der Waals surface area contributed by atoms with Crippen LogP contribution in [0.15, 0.2) is 42.6 Å². The molecule has 1 aromatic heterocycles. The van der Waals surface area contributed by atoms with Crippen LogP contribution in [0.5, 0.6) is 5.88 Å². The van der Waals surface area contributed by atoms with E-state index in [1.807, 2.05) is 13.0 Å². The zero-order chi connectivity index (χ0) is 17.5. The molecule has 1 heterocycles. The smallest absolute Gasteiger partial charge is 0.242 e. The monoisotopic (exact) mass is 331 g/mol. The molecule has 0 saturated heterocycles. The number of carbonyl (C=O) groups excluding carboxylic acids is 1. The number of benzene rings is 1. The third-order valence-electron chi connectivity index (χ3n) is 3.55. The topological polar surface area (TPSA) is 54.5 Å². The Kier molecular flexibility index (Phi) is 6.26. The summed E-state index contributed by atoms with van der Waals surface area (Å²) in [5, 5.41) is 2.84. The SMILES string of the molecule is CCOc1ncccc1CNC(=O)[C@@H](c1ccccc1F)N(C)C. The van der Waals surface area contributed by atoms with Gasteiger partial charge in [0.25, 0.3) is 0 Å². The van der Waals surface area contributed by atoms with Crippen LogP contribution in [0.4, 0.5) is 4.39 Å². The second-order valence-electron chi connectivity index (χ2n) is 5.51. The number of nitrogens with zero attached hydrogens (tertiary/aromatic N) is 2. The maximum absolute atomic E-state index is 14.1. The van der Waals surface area contributed by atoms with E-state index in [4.69, 9.17) is 4.74 Å². The van der Waals surface area contributed by atoms with Crippen molar-refractivity contribution in [1.82, 2.24) is 15.2 Å². The number of ether oxygens (including phenoxy) is 1. The quantitative estimate of drug-likeness (QED) is 0.847. The van der Waals surface area contributed by atoms with Crippen LogP contribution in [0, 0.1) is 5.82 Å². The Morgan fingerprint density at radius 1 is 1.29 bits per heavy atom. The molecular formula is C18H22FN3O2. The number of halogens is 1. The summed E-state index contributed by atoms with van der Waals surface area (Å²) in [6.07, 6.45) is 1.64. The number of aromatic nitrogens is 1. The predicted molar refractivity (Wildman–Crippen MR) is 90.1 cm³/mol. The van der Waals surface area contributed by atoms with E-state index in [-0.39, 0.29) is 12.5 Å². The molecule has 0 radical (unpaired) electrons. The first-order chi connectivity index (χ1) is 11.5. The lowest BCUT2D eigenvalue weighted by molar-refractivity contribution is -0.126. The number of hydrogen-bond acceptors (Lipinski definition) is 4. The van der Waals surface area contributed by atoms with Crippen LogP contribution in [0.2, 0.25) is 0 Å². The molecule has 0 aliphatic carbocycles. The van der Waals surface area contributed by atoms with Crippen molar-refractivity contribution in [1.29, 1.82) is 0 Å². The lowest BCUT2D eigenvalue weighted by atomic mass is 10.0. The van der Waals surface area contributed by atoms with E-state index >= 15 is 0 Å². The molecule has 0 aliphatic rings. The second kappa shape index (κ2) is 8.40. The molecule has 0 fully saturated rings. The Morgan fingerprint density at radius 3 is 2.71 bits per heavy atom. The molecule has 0 bridgehead atoms. The average Bonchev–Trinajstić information content (AvgIpc) is 2.56.